The standard InChI is InChI=1S/C52H70O35/c1-19(53)67-15-33-37(71-22(4)56)41(73-24(6)58)45(77-28(10)62)49(82-33)70-18-36-38(72-23(5)57)42(74-25(7)59)47(79-30(12)64)51(85-36)87-40-35(17-69-21(3)55)84-52(48(80-31(13)65)44(40)76-27(9)61)86-39-34(16-68-20(2)54)83-50(81-32(14)66)46(78-29(11)63)43(39)75-26(8)60/h33-52H,15-18H2,1-14H3/t33?,34?,35?,36?,37-,38-,39-,40-,41?,42?,43?,44?,45?,46?,47?,48?,49+,50-,51-,52-/m1/s1. The van der Waals surface area contributed by atoms with Gasteiger partial charge in [-0.25, -0.2) is 0 Å². The SMILES string of the molecule is CC(=O)OCC1O[C@H](OCC2O[C@H](O[C@@H]3C(COC(C)=O)O[C@H](O[C@@H]4C(COC(C)=O)O[C@@H](OC(C)=O)C(OC(C)=O)C4OC(C)=O)C(OC(C)=O)C3OC(C)=O)C(OC(C)=O)C(OC(C)=O)[C@@H]2OC(C)=O)C(OC(C)=O)C(OC(C)=O)[C@@H]1OC(C)=O. The van der Waals surface area contributed by atoms with Crippen LogP contribution in [0.15, 0.2) is 0 Å². The smallest absolute Gasteiger partial charge is 0.305 e. The molecule has 4 aliphatic heterocycles. The highest BCUT2D eigenvalue weighted by molar-refractivity contribution is 5.71. The van der Waals surface area contributed by atoms with Gasteiger partial charge in [0.2, 0.25) is 12.4 Å². The fourth-order valence-corrected chi connectivity index (χ4v) is 9.33. The molecule has 35 heteroatoms. The van der Waals surface area contributed by atoms with Crippen molar-refractivity contribution in [1.82, 2.24) is 0 Å². The minimum Gasteiger partial charge on any atom is -0.463 e. The molecule has 4 rings (SSSR count). The summed E-state index contributed by atoms with van der Waals surface area (Å²) < 4.78 is 121. The van der Waals surface area contributed by atoms with Crippen LogP contribution >= 0.6 is 0 Å². The number of esters is 14. The molecular weight excluding hydrogens is 1180 g/mol. The fourth-order valence-electron chi connectivity index (χ4n) is 9.33. The zero-order valence-corrected chi connectivity index (χ0v) is 49.7. The van der Waals surface area contributed by atoms with Crippen molar-refractivity contribution >= 4 is 83.6 Å². The van der Waals surface area contributed by atoms with Crippen LogP contribution in [0.3, 0.4) is 0 Å². The normalized spacial score (nSPS) is 31.9. The van der Waals surface area contributed by atoms with Gasteiger partial charge in [0.25, 0.3) is 0 Å². The molecule has 0 aromatic heterocycles. The van der Waals surface area contributed by atoms with Crippen molar-refractivity contribution in [3.8, 4) is 0 Å². The maximum Gasteiger partial charge on any atom is 0.305 e. The largest absolute Gasteiger partial charge is 0.463 e. The molecule has 4 heterocycles. The Morgan fingerprint density at radius 3 is 0.713 bits per heavy atom. The molecule has 0 saturated carbocycles. The van der Waals surface area contributed by atoms with Crippen molar-refractivity contribution in [2.75, 3.05) is 26.4 Å². The van der Waals surface area contributed by atoms with Gasteiger partial charge in [0.05, 0.1) is 6.61 Å². The molecule has 0 aliphatic carbocycles. The second-order valence-corrected chi connectivity index (χ2v) is 19.5. The Bertz CT molecular complexity index is 2530. The van der Waals surface area contributed by atoms with Gasteiger partial charge in [0.1, 0.15) is 56.4 Å². The molecule has 488 valence electrons. The third kappa shape index (κ3) is 21.9. The molecule has 0 radical (unpaired) electrons. The summed E-state index contributed by atoms with van der Waals surface area (Å²) in [6, 6.07) is 0. The van der Waals surface area contributed by atoms with Crippen molar-refractivity contribution in [3.63, 3.8) is 0 Å². The molecule has 4 saturated heterocycles. The first-order valence-corrected chi connectivity index (χ1v) is 26.5. The van der Waals surface area contributed by atoms with E-state index in [9.17, 15) is 67.1 Å². The Kier molecular flexibility index (Phi) is 27.1. The highest BCUT2D eigenvalue weighted by atomic mass is 16.8. The topological polar surface area (TPSA) is 433 Å². The molecule has 0 N–H and O–H groups in total. The molecular formula is C52H70O35. The van der Waals surface area contributed by atoms with E-state index < -0.39 is 233 Å². The van der Waals surface area contributed by atoms with E-state index in [-0.39, 0.29) is 0 Å². The van der Waals surface area contributed by atoms with Crippen LogP contribution in [-0.4, -0.2) is 233 Å². The first-order chi connectivity index (χ1) is 40.6. The number of carbonyl (C=O) groups is 14. The van der Waals surface area contributed by atoms with Gasteiger partial charge in [0, 0.05) is 96.9 Å². The van der Waals surface area contributed by atoms with E-state index >= 15 is 0 Å². The van der Waals surface area contributed by atoms with Crippen molar-refractivity contribution < 1.29 is 167 Å². The molecule has 20 atom stereocenters. The Morgan fingerprint density at radius 2 is 0.425 bits per heavy atom. The highest BCUT2D eigenvalue weighted by Crippen LogP contribution is 2.39. The van der Waals surface area contributed by atoms with E-state index in [1.165, 1.54) is 0 Å². The maximum atomic E-state index is 13.3. The molecule has 0 aromatic rings. The van der Waals surface area contributed by atoms with E-state index in [2.05, 4.69) is 0 Å². The Hall–Kier alpha value is -7.70. The van der Waals surface area contributed by atoms with E-state index in [4.69, 9.17) is 99.5 Å². The number of carbonyl (C=O) groups excluding carboxylic acids is 14. The predicted octanol–water partition coefficient (Wildman–Crippen LogP) is -1.76. The zero-order valence-electron chi connectivity index (χ0n) is 49.7. The van der Waals surface area contributed by atoms with Crippen LogP contribution in [0, 0.1) is 0 Å². The molecule has 0 spiro atoms. The summed E-state index contributed by atoms with van der Waals surface area (Å²) in [7, 11) is 0. The molecule has 4 fully saturated rings. The average molecular weight is 1260 g/mol. The van der Waals surface area contributed by atoms with Crippen LogP contribution in [0.2, 0.25) is 0 Å². The summed E-state index contributed by atoms with van der Waals surface area (Å²) in [6.07, 6.45) is -38.5. The summed E-state index contributed by atoms with van der Waals surface area (Å²) in [5, 5.41) is 0. The van der Waals surface area contributed by atoms with Crippen molar-refractivity contribution in [2.45, 2.75) is 220 Å². The molecule has 87 heavy (non-hydrogen) atoms. The number of rotatable bonds is 24. The number of hydrogen-bond acceptors (Lipinski definition) is 35. The Labute approximate surface area is 495 Å². The van der Waals surface area contributed by atoms with Gasteiger partial charge in [-0.3, -0.25) is 67.1 Å². The molecule has 0 amide bonds. The quantitative estimate of drug-likeness (QED) is 0.0763. The summed E-state index contributed by atoms with van der Waals surface area (Å²) in [4.78, 5) is 178. The first-order valence-electron chi connectivity index (χ1n) is 26.5. The average Bonchev–Trinajstić information content (AvgIpc) is 0.852. The second-order valence-electron chi connectivity index (χ2n) is 19.5. The predicted molar refractivity (Wildman–Crippen MR) is 268 cm³/mol. The maximum absolute atomic E-state index is 13.3. The third-order valence-corrected chi connectivity index (χ3v) is 12.0. The van der Waals surface area contributed by atoms with Crippen LogP contribution in [0.5, 0.6) is 0 Å². The van der Waals surface area contributed by atoms with Crippen LogP contribution in [0.4, 0.5) is 0 Å². The Morgan fingerprint density at radius 1 is 0.218 bits per heavy atom. The lowest BCUT2D eigenvalue weighted by atomic mass is 9.95. The van der Waals surface area contributed by atoms with Gasteiger partial charge in [-0.2, -0.15) is 0 Å². The monoisotopic (exact) mass is 1250 g/mol. The second kappa shape index (κ2) is 32.9. The van der Waals surface area contributed by atoms with Gasteiger partial charge in [-0.05, 0) is 0 Å². The molecule has 12 unspecified atom stereocenters. The highest BCUT2D eigenvalue weighted by Gasteiger charge is 2.61. The van der Waals surface area contributed by atoms with E-state index in [0.717, 1.165) is 96.9 Å². The number of hydrogen-bond donors (Lipinski definition) is 0. The van der Waals surface area contributed by atoms with Crippen molar-refractivity contribution in [3.05, 3.63) is 0 Å². The van der Waals surface area contributed by atoms with Crippen LogP contribution < -0.4 is 0 Å². The van der Waals surface area contributed by atoms with Crippen LogP contribution in [-0.2, 0) is 167 Å². The lowest BCUT2D eigenvalue weighted by molar-refractivity contribution is -0.381. The van der Waals surface area contributed by atoms with E-state index in [1.807, 2.05) is 0 Å². The minimum absolute atomic E-state index is 0.703. The Balaban J connectivity index is 1.97. The van der Waals surface area contributed by atoms with Gasteiger partial charge in [0.15, 0.2) is 73.8 Å². The fraction of sp³-hybridized carbons (Fsp3) is 0.731. The number of ether oxygens (including phenoxy) is 21. The summed E-state index contributed by atoms with van der Waals surface area (Å²) in [5.74, 6) is -14.5. The molecule has 0 bridgehead atoms. The van der Waals surface area contributed by atoms with Gasteiger partial charge >= 0.3 is 83.6 Å². The van der Waals surface area contributed by atoms with Gasteiger partial charge in [-0.1, -0.05) is 0 Å². The summed E-state index contributed by atoms with van der Waals surface area (Å²) in [5.41, 5.74) is 0. The first kappa shape index (κ1) is 71.8. The van der Waals surface area contributed by atoms with E-state index in [1.54, 1.807) is 0 Å². The van der Waals surface area contributed by atoms with Crippen LogP contribution in [0.25, 0.3) is 0 Å². The van der Waals surface area contributed by atoms with Gasteiger partial charge < -0.3 is 99.5 Å². The minimum atomic E-state index is -2.23. The van der Waals surface area contributed by atoms with E-state index in [0.29, 0.717) is 0 Å². The zero-order chi connectivity index (χ0) is 65.3. The van der Waals surface area contributed by atoms with Gasteiger partial charge in [-0.15, -0.1) is 0 Å². The lowest BCUT2D eigenvalue weighted by Gasteiger charge is -2.50. The van der Waals surface area contributed by atoms with Crippen molar-refractivity contribution in [2.24, 2.45) is 0 Å². The summed E-state index contributed by atoms with van der Waals surface area (Å²) >= 11 is 0. The van der Waals surface area contributed by atoms with Crippen molar-refractivity contribution in [1.29, 1.82) is 0 Å². The third-order valence-electron chi connectivity index (χ3n) is 12.0. The van der Waals surface area contributed by atoms with Crippen LogP contribution in [0.1, 0.15) is 96.9 Å². The summed E-state index contributed by atoms with van der Waals surface area (Å²) in [6.45, 7) is 9.78. The lowest BCUT2D eigenvalue weighted by Crippen LogP contribution is -2.69. The molecule has 35 nitrogen and oxygen atoms in total. The molecule has 4 aliphatic rings. The molecule has 0 aromatic carbocycles.